The maximum Gasteiger partial charge on any atom is 0.239 e. The second-order valence-corrected chi connectivity index (χ2v) is 3.63. The van der Waals surface area contributed by atoms with Crippen molar-refractivity contribution in [2.24, 2.45) is 0 Å². The highest BCUT2D eigenvalue weighted by atomic mass is 16.5. The fourth-order valence-electron chi connectivity index (χ4n) is 1.22. The molecule has 17 heavy (non-hydrogen) atoms. The number of hydrogen-bond acceptors (Lipinski definition) is 4. The van der Waals surface area contributed by atoms with Gasteiger partial charge in [0, 0.05) is 40.8 Å². The lowest BCUT2D eigenvalue weighted by atomic mass is 10.4. The van der Waals surface area contributed by atoms with E-state index in [9.17, 15) is 9.59 Å². The smallest absolute Gasteiger partial charge is 0.239 e. The van der Waals surface area contributed by atoms with E-state index in [-0.39, 0.29) is 18.4 Å². The van der Waals surface area contributed by atoms with Crippen LogP contribution in [0.2, 0.25) is 0 Å². The molecule has 0 fully saturated rings. The van der Waals surface area contributed by atoms with E-state index in [1.807, 2.05) is 0 Å². The summed E-state index contributed by atoms with van der Waals surface area (Å²) in [5, 5.41) is 2.73. The molecular formula is C11H22N2O4. The van der Waals surface area contributed by atoms with E-state index in [0.717, 1.165) is 6.42 Å². The van der Waals surface area contributed by atoms with Gasteiger partial charge in [-0.05, 0) is 6.42 Å². The molecule has 0 atom stereocenters. The summed E-state index contributed by atoms with van der Waals surface area (Å²) >= 11 is 0. The topological polar surface area (TPSA) is 67.9 Å². The van der Waals surface area contributed by atoms with E-state index in [4.69, 9.17) is 9.47 Å². The molecule has 0 saturated carbocycles. The second-order valence-electron chi connectivity index (χ2n) is 3.63. The standard InChI is InChI=1S/C11H22N2O4/c1-10(14)13(6-8-17-3)9-11(15)12-5-4-7-16-2/h4-9H2,1-3H3,(H,12,15). The van der Waals surface area contributed by atoms with Gasteiger partial charge in [-0.1, -0.05) is 0 Å². The molecule has 1 N–H and O–H groups in total. The predicted octanol–water partition coefficient (Wildman–Crippen LogP) is -0.366. The molecule has 2 amide bonds. The van der Waals surface area contributed by atoms with Crippen molar-refractivity contribution < 1.29 is 19.1 Å². The molecular weight excluding hydrogens is 224 g/mol. The summed E-state index contributed by atoms with van der Waals surface area (Å²) in [4.78, 5) is 24.2. The number of amides is 2. The molecule has 0 radical (unpaired) electrons. The van der Waals surface area contributed by atoms with Crippen molar-refractivity contribution in [3.63, 3.8) is 0 Å². The largest absolute Gasteiger partial charge is 0.385 e. The molecule has 100 valence electrons. The molecule has 0 aliphatic carbocycles. The van der Waals surface area contributed by atoms with Gasteiger partial charge in [-0.25, -0.2) is 0 Å². The van der Waals surface area contributed by atoms with Crippen LogP contribution in [0.3, 0.4) is 0 Å². The third-order valence-electron chi connectivity index (χ3n) is 2.19. The van der Waals surface area contributed by atoms with Gasteiger partial charge >= 0.3 is 0 Å². The Hall–Kier alpha value is -1.14. The summed E-state index contributed by atoms with van der Waals surface area (Å²) in [5.74, 6) is -0.290. The van der Waals surface area contributed by atoms with Crippen LogP contribution in [0.15, 0.2) is 0 Å². The Morgan fingerprint density at radius 1 is 1.18 bits per heavy atom. The molecule has 0 aromatic rings. The molecule has 6 nitrogen and oxygen atoms in total. The van der Waals surface area contributed by atoms with E-state index in [2.05, 4.69) is 5.32 Å². The van der Waals surface area contributed by atoms with Gasteiger partial charge in [0.05, 0.1) is 13.2 Å². The van der Waals surface area contributed by atoms with Gasteiger partial charge in [0.25, 0.3) is 0 Å². The summed E-state index contributed by atoms with van der Waals surface area (Å²) in [6.45, 7) is 3.54. The first-order chi connectivity index (χ1) is 8.11. The monoisotopic (exact) mass is 246 g/mol. The highest BCUT2D eigenvalue weighted by molar-refractivity contribution is 5.83. The number of nitrogens with zero attached hydrogens (tertiary/aromatic N) is 1. The van der Waals surface area contributed by atoms with Crippen molar-refractivity contribution in [2.45, 2.75) is 13.3 Å². The van der Waals surface area contributed by atoms with E-state index in [1.54, 1.807) is 14.2 Å². The van der Waals surface area contributed by atoms with Crippen molar-refractivity contribution in [2.75, 3.05) is 47.1 Å². The maximum absolute atomic E-state index is 11.5. The minimum absolute atomic E-state index is 0.0751. The van der Waals surface area contributed by atoms with Crippen molar-refractivity contribution in [3.05, 3.63) is 0 Å². The zero-order valence-electron chi connectivity index (χ0n) is 10.8. The number of rotatable bonds is 9. The van der Waals surface area contributed by atoms with Crippen LogP contribution in [-0.2, 0) is 19.1 Å². The van der Waals surface area contributed by atoms with Gasteiger partial charge in [0.15, 0.2) is 0 Å². The Morgan fingerprint density at radius 2 is 1.82 bits per heavy atom. The van der Waals surface area contributed by atoms with Crippen LogP contribution in [0.25, 0.3) is 0 Å². The molecule has 0 aliphatic rings. The molecule has 0 heterocycles. The van der Waals surface area contributed by atoms with Crippen molar-refractivity contribution in [1.82, 2.24) is 10.2 Å². The fourth-order valence-corrected chi connectivity index (χ4v) is 1.22. The highest BCUT2D eigenvalue weighted by Gasteiger charge is 2.12. The average molecular weight is 246 g/mol. The maximum atomic E-state index is 11.5. The summed E-state index contributed by atoms with van der Waals surface area (Å²) in [5.41, 5.74) is 0. The third kappa shape index (κ3) is 8.65. The van der Waals surface area contributed by atoms with Gasteiger partial charge in [0.1, 0.15) is 0 Å². The molecule has 0 rings (SSSR count). The van der Waals surface area contributed by atoms with Crippen LogP contribution in [0.1, 0.15) is 13.3 Å². The first-order valence-corrected chi connectivity index (χ1v) is 5.62. The third-order valence-corrected chi connectivity index (χ3v) is 2.19. The van der Waals surface area contributed by atoms with Crippen molar-refractivity contribution in [3.8, 4) is 0 Å². The molecule has 6 heteroatoms. The Labute approximate surface area is 102 Å². The molecule has 0 spiro atoms. The zero-order chi connectivity index (χ0) is 13.1. The van der Waals surface area contributed by atoms with Gasteiger partial charge in [0.2, 0.25) is 11.8 Å². The van der Waals surface area contributed by atoms with Crippen molar-refractivity contribution in [1.29, 1.82) is 0 Å². The van der Waals surface area contributed by atoms with Crippen LogP contribution >= 0.6 is 0 Å². The molecule has 0 bridgehead atoms. The molecule has 0 aromatic heterocycles. The van der Waals surface area contributed by atoms with Gasteiger partial charge in [-0.3, -0.25) is 9.59 Å². The van der Waals surface area contributed by atoms with Crippen LogP contribution in [0.4, 0.5) is 0 Å². The SMILES string of the molecule is COCCCNC(=O)CN(CCOC)C(C)=O. The zero-order valence-corrected chi connectivity index (χ0v) is 10.8. The van der Waals surface area contributed by atoms with E-state index in [0.29, 0.717) is 26.3 Å². The number of hydrogen-bond donors (Lipinski definition) is 1. The number of methoxy groups -OCH3 is 2. The quantitative estimate of drug-likeness (QED) is 0.564. The van der Waals surface area contributed by atoms with E-state index < -0.39 is 0 Å². The van der Waals surface area contributed by atoms with Gasteiger partial charge in [-0.2, -0.15) is 0 Å². The second kappa shape index (κ2) is 10.0. The van der Waals surface area contributed by atoms with Crippen LogP contribution in [-0.4, -0.2) is 63.8 Å². The highest BCUT2D eigenvalue weighted by Crippen LogP contribution is 1.90. The normalized spacial score (nSPS) is 10.1. The summed E-state index contributed by atoms with van der Waals surface area (Å²) in [7, 11) is 3.17. The predicted molar refractivity (Wildman–Crippen MR) is 63.6 cm³/mol. The Kier molecular flexibility index (Phi) is 9.37. The van der Waals surface area contributed by atoms with E-state index in [1.165, 1.54) is 11.8 Å². The summed E-state index contributed by atoms with van der Waals surface area (Å²) < 4.78 is 9.74. The Bertz CT molecular complexity index is 234. The molecule has 0 saturated heterocycles. The number of carbonyl (C=O) groups is 2. The molecule has 0 aliphatic heterocycles. The average Bonchev–Trinajstić information content (AvgIpc) is 2.29. The fraction of sp³-hybridized carbons (Fsp3) is 0.818. The lowest BCUT2D eigenvalue weighted by Gasteiger charge is -2.19. The number of nitrogens with one attached hydrogen (secondary N) is 1. The first kappa shape index (κ1) is 15.9. The number of ether oxygens (including phenoxy) is 2. The lowest BCUT2D eigenvalue weighted by Crippen LogP contribution is -2.41. The van der Waals surface area contributed by atoms with Gasteiger partial charge in [-0.15, -0.1) is 0 Å². The van der Waals surface area contributed by atoms with Crippen LogP contribution in [0, 0.1) is 0 Å². The number of carbonyl (C=O) groups excluding carboxylic acids is 2. The summed E-state index contributed by atoms with van der Waals surface area (Å²) in [6.07, 6.45) is 0.764. The molecule has 0 unspecified atom stereocenters. The minimum Gasteiger partial charge on any atom is -0.385 e. The van der Waals surface area contributed by atoms with Crippen LogP contribution in [0.5, 0.6) is 0 Å². The van der Waals surface area contributed by atoms with Crippen molar-refractivity contribution >= 4 is 11.8 Å². The van der Waals surface area contributed by atoms with Gasteiger partial charge < -0.3 is 19.7 Å². The first-order valence-electron chi connectivity index (χ1n) is 5.62. The lowest BCUT2D eigenvalue weighted by molar-refractivity contribution is -0.134. The Morgan fingerprint density at radius 3 is 2.35 bits per heavy atom. The van der Waals surface area contributed by atoms with E-state index >= 15 is 0 Å². The minimum atomic E-state index is -0.160. The van der Waals surface area contributed by atoms with Crippen LogP contribution < -0.4 is 5.32 Å². The molecule has 0 aromatic carbocycles. The Balaban J connectivity index is 3.83. The summed E-state index contributed by atoms with van der Waals surface area (Å²) in [6, 6.07) is 0.